The third-order valence-electron chi connectivity index (χ3n) is 11.4. The van der Waals surface area contributed by atoms with Crippen molar-refractivity contribution in [3.05, 3.63) is 158 Å². The van der Waals surface area contributed by atoms with Gasteiger partial charge in [-0.25, -0.2) is 9.97 Å². The molecule has 5 heteroatoms. The van der Waals surface area contributed by atoms with Crippen molar-refractivity contribution >= 4 is 128 Å². The molecule has 0 bridgehead atoms. The Kier molecular flexibility index (Phi) is 5.93. The van der Waals surface area contributed by atoms with E-state index in [1.807, 2.05) is 40.9 Å². The maximum atomic E-state index is 6.53. The zero-order valence-electron chi connectivity index (χ0n) is 29.1. The van der Waals surface area contributed by atoms with E-state index in [0.29, 0.717) is 5.71 Å². The molecule has 0 atom stereocenters. The van der Waals surface area contributed by atoms with E-state index in [1.54, 1.807) is 0 Å². The molecule has 13 aromatic rings. The van der Waals surface area contributed by atoms with Crippen LogP contribution in [0.5, 0.6) is 0 Å². The third kappa shape index (κ3) is 4.03. The molecule has 254 valence electrons. The third-order valence-corrected chi connectivity index (χ3v) is 13.8. The smallest absolute Gasteiger partial charge is 0.246 e. The van der Waals surface area contributed by atoms with Gasteiger partial charge in [-0.3, -0.25) is 0 Å². The zero-order chi connectivity index (χ0) is 35.8. The summed E-state index contributed by atoms with van der Waals surface area (Å²) in [4.78, 5) is 11.1. The highest BCUT2D eigenvalue weighted by Gasteiger charge is 2.26. The molecule has 4 aromatic heterocycles. The van der Waals surface area contributed by atoms with Crippen molar-refractivity contribution < 1.29 is 4.42 Å². The number of hydrogen-bond acceptors (Lipinski definition) is 5. The number of thiophene rings is 2. The second kappa shape index (κ2) is 11.0. The molecule has 0 unspecified atom stereocenters. The largest absolute Gasteiger partial charge is 0.436 e. The van der Waals surface area contributed by atoms with Gasteiger partial charge in [0.2, 0.25) is 5.71 Å². The average molecular weight is 735 g/mol. The zero-order valence-corrected chi connectivity index (χ0v) is 30.8. The van der Waals surface area contributed by atoms with Crippen LogP contribution >= 0.6 is 22.7 Å². The average Bonchev–Trinajstić information content (AvgIpc) is 3.94. The van der Waals surface area contributed by atoms with Crippen LogP contribution in [0.2, 0.25) is 0 Å². The summed E-state index contributed by atoms with van der Waals surface area (Å²) >= 11 is 3.71. The van der Waals surface area contributed by atoms with Gasteiger partial charge in [0.25, 0.3) is 0 Å². The standard InChI is InChI=1S/C50H26N2OS2/c1-3-14-29-27(12-1)24-25-40-42(29)43-33-18-6-5-17-32(33)41-30-15-4-2-13-28(30)26-37(44(41)49(43)55-40)46-45(51-47-35-19-7-9-22-38(35)53-50(47)52-46)36-21-11-20-34-31-16-8-10-23-39(31)54-48(34)36/h1-26H. The molecule has 0 aliphatic rings. The molecule has 3 nitrogen and oxygen atoms in total. The molecule has 0 aliphatic heterocycles. The number of fused-ring (bicyclic) bond motifs is 18. The fourth-order valence-corrected chi connectivity index (χ4v) is 11.6. The lowest BCUT2D eigenvalue weighted by Gasteiger charge is -2.17. The lowest BCUT2D eigenvalue weighted by atomic mass is 9.88. The minimum atomic E-state index is 0.546. The molecule has 0 N–H and O–H groups in total. The summed E-state index contributed by atoms with van der Waals surface area (Å²) in [6.07, 6.45) is 0. The maximum Gasteiger partial charge on any atom is 0.246 e. The van der Waals surface area contributed by atoms with Crippen LogP contribution in [-0.4, -0.2) is 9.97 Å². The van der Waals surface area contributed by atoms with Crippen LogP contribution < -0.4 is 0 Å². The molecular formula is C50H26N2OS2. The Morgan fingerprint density at radius 1 is 0.382 bits per heavy atom. The molecular weight excluding hydrogens is 709 g/mol. The maximum absolute atomic E-state index is 6.53. The van der Waals surface area contributed by atoms with Crippen molar-refractivity contribution in [1.29, 1.82) is 0 Å². The van der Waals surface area contributed by atoms with Gasteiger partial charge < -0.3 is 4.42 Å². The monoisotopic (exact) mass is 734 g/mol. The van der Waals surface area contributed by atoms with Crippen LogP contribution in [0.4, 0.5) is 0 Å². The van der Waals surface area contributed by atoms with Crippen LogP contribution in [0.1, 0.15) is 0 Å². The minimum Gasteiger partial charge on any atom is -0.436 e. The second-order valence-corrected chi connectivity index (χ2v) is 16.5. The number of hydrogen-bond donors (Lipinski definition) is 0. The van der Waals surface area contributed by atoms with Crippen molar-refractivity contribution in [2.75, 3.05) is 0 Å². The van der Waals surface area contributed by atoms with E-state index in [2.05, 4.69) is 140 Å². The van der Waals surface area contributed by atoms with Gasteiger partial charge in [-0.05, 0) is 68.0 Å². The van der Waals surface area contributed by atoms with Gasteiger partial charge in [0.1, 0.15) is 16.8 Å². The van der Waals surface area contributed by atoms with E-state index in [0.717, 1.165) is 39.0 Å². The molecule has 0 fully saturated rings. The van der Waals surface area contributed by atoms with Crippen LogP contribution in [0, 0.1) is 0 Å². The van der Waals surface area contributed by atoms with Gasteiger partial charge in [0.15, 0.2) is 0 Å². The van der Waals surface area contributed by atoms with Gasteiger partial charge in [-0.15, -0.1) is 22.7 Å². The quantitative estimate of drug-likeness (QED) is 0.166. The summed E-state index contributed by atoms with van der Waals surface area (Å²) in [6, 6.07) is 56.9. The first-order valence-electron chi connectivity index (χ1n) is 18.5. The molecule has 0 spiro atoms. The summed E-state index contributed by atoms with van der Waals surface area (Å²) in [5.74, 6) is 0. The van der Waals surface area contributed by atoms with Gasteiger partial charge in [0.05, 0.1) is 5.69 Å². The number of benzene rings is 9. The molecule has 55 heavy (non-hydrogen) atoms. The molecule has 0 radical (unpaired) electrons. The van der Waals surface area contributed by atoms with Crippen molar-refractivity contribution in [2.45, 2.75) is 0 Å². The first-order chi connectivity index (χ1) is 27.3. The molecule has 0 amide bonds. The summed E-state index contributed by atoms with van der Waals surface area (Å²) in [6.45, 7) is 0. The molecule has 0 aliphatic carbocycles. The second-order valence-electron chi connectivity index (χ2n) is 14.4. The first-order valence-corrected chi connectivity index (χ1v) is 20.1. The summed E-state index contributed by atoms with van der Waals surface area (Å²) in [5.41, 5.74) is 5.93. The van der Waals surface area contributed by atoms with Crippen molar-refractivity contribution in [2.24, 2.45) is 0 Å². The van der Waals surface area contributed by atoms with Crippen LogP contribution in [0.3, 0.4) is 0 Å². The minimum absolute atomic E-state index is 0.546. The van der Waals surface area contributed by atoms with E-state index >= 15 is 0 Å². The lowest BCUT2D eigenvalue weighted by Crippen LogP contribution is -1.96. The Morgan fingerprint density at radius 2 is 1.02 bits per heavy atom. The Bertz CT molecular complexity index is 3790. The highest BCUT2D eigenvalue weighted by atomic mass is 32.1. The fraction of sp³-hybridized carbons (Fsp3) is 0. The summed E-state index contributed by atoms with van der Waals surface area (Å²) in [7, 11) is 0. The molecule has 0 saturated carbocycles. The highest BCUT2D eigenvalue weighted by molar-refractivity contribution is 7.27. The number of nitrogens with zero attached hydrogens (tertiary/aromatic N) is 2. The summed E-state index contributed by atoms with van der Waals surface area (Å²) in [5, 5.41) is 15.9. The van der Waals surface area contributed by atoms with Crippen LogP contribution in [0.15, 0.2) is 162 Å². The Morgan fingerprint density at radius 3 is 1.87 bits per heavy atom. The van der Waals surface area contributed by atoms with Crippen molar-refractivity contribution in [3.8, 4) is 22.5 Å². The Hall–Kier alpha value is -6.66. The molecule has 0 saturated heterocycles. The SMILES string of the molecule is c1ccc2c(c1)cc(-c1nc3oc4ccccc4c3nc1-c1cccc3c1sc1ccccc13)c1c3sc4ccc5ccccc5c4c3c3ccccc3c21. The normalized spacial score (nSPS) is 12.4. The molecule has 13 rings (SSSR count). The lowest BCUT2D eigenvalue weighted by molar-refractivity contribution is 0.653. The number of aromatic nitrogens is 2. The van der Waals surface area contributed by atoms with Gasteiger partial charge in [0, 0.05) is 62.2 Å². The predicted molar refractivity (Wildman–Crippen MR) is 236 cm³/mol. The fourth-order valence-electron chi connectivity index (χ4n) is 9.10. The van der Waals surface area contributed by atoms with Gasteiger partial charge in [-0.1, -0.05) is 127 Å². The predicted octanol–water partition coefficient (Wildman–Crippen LogP) is 15.1. The number of rotatable bonds is 2. The van der Waals surface area contributed by atoms with Gasteiger partial charge in [-0.2, -0.15) is 0 Å². The number of furan rings is 1. The van der Waals surface area contributed by atoms with E-state index in [-0.39, 0.29) is 0 Å². The van der Waals surface area contributed by atoms with Crippen molar-refractivity contribution in [1.82, 2.24) is 9.97 Å². The highest BCUT2D eigenvalue weighted by Crippen LogP contribution is 2.52. The first kappa shape index (κ1) is 29.8. The van der Waals surface area contributed by atoms with Crippen LogP contribution in [0.25, 0.3) is 128 Å². The Balaban J connectivity index is 1.28. The van der Waals surface area contributed by atoms with Crippen molar-refractivity contribution in [3.63, 3.8) is 0 Å². The number of para-hydroxylation sites is 1. The Labute approximate surface area is 321 Å². The topological polar surface area (TPSA) is 38.9 Å². The molecule has 4 heterocycles. The van der Waals surface area contributed by atoms with E-state index < -0.39 is 0 Å². The van der Waals surface area contributed by atoms with E-state index in [9.17, 15) is 0 Å². The van der Waals surface area contributed by atoms with Crippen LogP contribution in [-0.2, 0) is 0 Å². The summed E-state index contributed by atoms with van der Waals surface area (Å²) < 4.78 is 11.5. The van der Waals surface area contributed by atoms with E-state index in [4.69, 9.17) is 14.4 Å². The molecule has 9 aromatic carbocycles. The van der Waals surface area contributed by atoms with Gasteiger partial charge >= 0.3 is 0 Å². The van der Waals surface area contributed by atoms with E-state index in [1.165, 1.54) is 83.4 Å².